The van der Waals surface area contributed by atoms with Gasteiger partial charge in [-0.2, -0.15) is 0 Å². The molecule has 2 aliphatic heterocycles. The number of benzene rings is 1. The molecule has 0 bridgehead atoms. The number of hydrogen-bond donors (Lipinski definition) is 3. The van der Waals surface area contributed by atoms with Crippen LogP contribution < -0.4 is 20.7 Å². The van der Waals surface area contributed by atoms with Crippen LogP contribution in [-0.2, 0) is 4.79 Å². The van der Waals surface area contributed by atoms with Crippen molar-refractivity contribution < 1.29 is 14.3 Å². The summed E-state index contributed by atoms with van der Waals surface area (Å²) in [5.74, 6) is 0.830. The Morgan fingerprint density at radius 2 is 2.00 bits per heavy atom. The minimum Gasteiger partial charge on any atom is -0.489 e. The summed E-state index contributed by atoms with van der Waals surface area (Å²) in [6.45, 7) is 6.57. The first kappa shape index (κ1) is 19.4. The number of ether oxygens (including phenoxy) is 1. The van der Waals surface area contributed by atoms with Crippen molar-refractivity contribution in [2.75, 3.05) is 26.2 Å². The Balaban J connectivity index is 1.83. The van der Waals surface area contributed by atoms with Crippen LogP contribution in [0.4, 0.5) is 0 Å². The summed E-state index contributed by atoms with van der Waals surface area (Å²) in [7, 11) is 0. The third kappa shape index (κ3) is 5.10. The van der Waals surface area contributed by atoms with Crippen LogP contribution in [0.5, 0.6) is 5.75 Å². The third-order valence-electron chi connectivity index (χ3n) is 5.03. The first-order valence-electron chi connectivity index (χ1n) is 9.65. The SMILES string of the molecule is CC(C)C[C@H]1CNC(=O)c2ccccc2OC/C=C/C2(CNC2)CC(=O)N1. The molecule has 6 heteroatoms. The number of hydrogen-bond acceptors (Lipinski definition) is 4. The topological polar surface area (TPSA) is 79.5 Å². The lowest BCUT2D eigenvalue weighted by atomic mass is 9.78. The van der Waals surface area contributed by atoms with E-state index >= 15 is 0 Å². The molecule has 2 aliphatic rings. The zero-order valence-corrected chi connectivity index (χ0v) is 16.1. The fourth-order valence-corrected chi connectivity index (χ4v) is 3.64. The van der Waals surface area contributed by atoms with Crippen LogP contribution in [0.1, 0.15) is 37.0 Å². The minimum absolute atomic E-state index is 0.0272. The van der Waals surface area contributed by atoms with Gasteiger partial charge in [-0.3, -0.25) is 9.59 Å². The Morgan fingerprint density at radius 1 is 1.22 bits per heavy atom. The number of carbonyl (C=O) groups excluding carboxylic acids is 2. The number of nitrogens with one attached hydrogen (secondary N) is 3. The van der Waals surface area contributed by atoms with Crippen molar-refractivity contribution in [3.05, 3.63) is 42.0 Å². The molecule has 0 radical (unpaired) electrons. The van der Waals surface area contributed by atoms with Crippen molar-refractivity contribution >= 4 is 11.8 Å². The van der Waals surface area contributed by atoms with Crippen LogP contribution in [0.3, 0.4) is 0 Å². The van der Waals surface area contributed by atoms with Gasteiger partial charge < -0.3 is 20.7 Å². The van der Waals surface area contributed by atoms with Crippen molar-refractivity contribution in [1.29, 1.82) is 0 Å². The van der Waals surface area contributed by atoms with Gasteiger partial charge in [0.25, 0.3) is 5.91 Å². The van der Waals surface area contributed by atoms with E-state index in [2.05, 4.69) is 35.9 Å². The molecule has 6 nitrogen and oxygen atoms in total. The van der Waals surface area contributed by atoms with E-state index in [9.17, 15) is 9.59 Å². The Labute approximate surface area is 160 Å². The number of para-hydroxylation sites is 1. The molecule has 1 saturated heterocycles. The summed E-state index contributed by atoms with van der Waals surface area (Å²) >= 11 is 0. The Morgan fingerprint density at radius 3 is 2.70 bits per heavy atom. The number of fused-ring (bicyclic) bond motifs is 1. The van der Waals surface area contributed by atoms with Gasteiger partial charge in [0.2, 0.25) is 5.91 Å². The highest BCUT2D eigenvalue weighted by Crippen LogP contribution is 2.29. The molecule has 1 aromatic rings. The molecule has 1 aromatic carbocycles. The van der Waals surface area contributed by atoms with Gasteiger partial charge in [0.1, 0.15) is 12.4 Å². The van der Waals surface area contributed by atoms with E-state index in [-0.39, 0.29) is 23.3 Å². The molecule has 0 aliphatic carbocycles. The molecule has 1 spiro atoms. The maximum absolute atomic E-state index is 12.6. The predicted octanol–water partition coefficient (Wildman–Crippen LogP) is 1.88. The lowest BCUT2D eigenvalue weighted by Crippen LogP contribution is -2.55. The fourth-order valence-electron chi connectivity index (χ4n) is 3.64. The average molecular weight is 371 g/mol. The number of carbonyl (C=O) groups is 2. The highest BCUT2D eigenvalue weighted by atomic mass is 16.5. The summed E-state index contributed by atoms with van der Waals surface area (Å²) in [4.78, 5) is 25.2. The summed E-state index contributed by atoms with van der Waals surface area (Å²) in [5.41, 5.74) is 0.362. The maximum atomic E-state index is 12.6. The molecule has 2 heterocycles. The fraction of sp³-hybridized carbons (Fsp3) is 0.524. The molecule has 3 N–H and O–H groups in total. The van der Waals surface area contributed by atoms with Gasteiger partial charge >= 0.3 is 0 Å². The smallest absolute Gasteiger partial charge is 0.255 e. The van der Waals surface area contributed by atoms with Gasteiger partial charge in [0.05, 0.1) is 5.56 Å². The van der Waals surface area contributed by atoms with Gasteiger partial charge in [-0.05, 0) is 24.5 Å². The summed E-state index contributed by atoms with van der Waals surface area (Å²) in [6.07, 6.45) is 5.27. The molecule has 0 saturated carbocycles. The third-order valence-corrected chi connectivity index (χ3v) is 5.03. The van der Waals surface area contributed by atoms with Crippen molar-refractivity contribution in [2.24, 2.45) is 11.3 Å². The molecule has 1 atom stereocenters. The zero-order valence-electron chi connectivity index (χ0n) is 16.1. The molecular weight excluding hydrogens is 342 g/mol. The van der Waals surface area contributed by atoms with E-state index in [0.717, 1.165) is 19.5 Å². The minimum atomic E-state index is -0.186. The maximum Gasteiger partial charge on any atom is 0.255 e. The largest absolute Gasteiger partial charge is 0.489 e. The molecule has 2 amide bonds. The van der Waals surface area contributed by atoms with Crippen LogP contribution in [0.15, 0.2) is 36.4 Å². The van der Waals surface area contributed by atoms with Crippen molar-refractivity contribution in [1.82, 2.24) is 16.0 Å². The zero-order chi connectivity index (χ0) is 19.3. The molecule has 1 fully saturated rings. The quantitative estimate of drug-likeness (QED) is 0.694. The van der Waals surface area contributed by atoms with Gasteiger partial charge in [-0.25, -0.2) is 0 Å². The predicted molar refractivity (Wildman–Crippen MR) is 105 cm³/mol. The summed E-state index contributed by atoms with van der Waals surface area (Å²) < 4.78 is 5.81. The summed E-state index contributed by atoms with van der Waals surface area (Å²) in [6, 6.07) is 7.16. The van der Waals surface area contributed by atoms with Crippen LogP contribution in [0.2, 0.25) is 0 Å². The summed E-state index contributed by atoms with van der Waals surface area (Å²) in [5, 5.41) is 9.34. The van der Waals surface area contributed by atoms with Crippen LogP contribution in [0, 0.1) is 11.3 Å². The first-order valence-corrected chi connectivity index (χ1v) is 9.65. The second kappa shape index (κ2) is 8.57. The second-order valence-electron chi connectivity index (χ2n) is 7.96. The first-order chi connectivity index (χ1) is 13.0. The molecule has 27 heavy (non-hydrogen) atoms. The normalized spacial score (nSPS) is 24.0. The Kier molecular flexibility index (Phi) is 6.16. The number of rotatable bonds is 2. The number of amides is 2. The van der Waals surface area contributed by atoms with Gasteiger partial charge in [-0.15, -0.1) is 0 Å². The molecule has 0 unspecified atom stereocenters. The van der Waals surface area contributed by atoms with Crippen LogP contribution >= 0.6 is 0 Å². The van der Waals surface area contributed by atoms with E-state index in [0.29, 0.717) is 36.8 Å². The van der Waals surface area contributed by atoms with E-state index in [1.54, 1.807) is 6.07 Å². The monoisotopic (exact) mass is 371 g/mol. The molecular formula is C21H29N3O3. The van der Waals surface area contributed by atoms with Crippen LogP contribution in [0.25, 0.3) is 0 Å². The van der Waals surface area contributed by atoms with Crippen molar-refractivity contribution in [3.8, 4) is 5.75 Å². The van der Waals surface area contributed by atoms with E-state index in [1.807, 2.05) is 24.3 Å². The highest BCUT2D eigenvalue weighted by molar-refractivity contribution is 5.97. The lowest BCUT2D eigenvalue weighted by Gasteiger charge is -2.40. The highest BCUT2D eigenvalue weighted by Gasteiger charge is 2.36. The van der Waals surface area contributed by atoms with E-state index in [4.69, 9.17) is 4.74 Å². The van der Waals surface area contributed by atoms with Gasteiger partial charge in [0.15, 0.2) is 0 Å². The standard InChI is InChI=1S/C21H29N3O3/c1-15(2)10-16-12-23-20(26)17-6-3-4-7-18(17)27-9-5-8-21(13-22-14-21)11-19(25)24-16/h3-8,15-16,22H,9-14H2,1-2H3,(H,23,26)(H,24,25)/b8-5+/t16-/m0/s1. The van der Waals surface area contributed by atoms with E-state index < -0.39 is 0 Å². The average Bonchev–Trinajstić information content (AvgIpc) is 2.59. The molecule has 0 aromatic heterocycles. The van der Waals surface area contributed by atoms with Crippen LogP contribution in [-0.4, -0.2) is 44.1 Å². The Hall–Kier alpha value is -2.34. The van der Waals surface area contributed by atoms with Gasteiger partial charge in [0, 0.05) is 37.5 Å². The molecule has 146 valence electrons. The van der Waals surface area contributed by atoms with Crippen molar-refractivity contribution in [3.63, 3.8) is 0 Å². The van der Waals surface area contributed by atoms with E-state index in [1.165, 1.54) is 0 Å². The Bertz CT molecular complexity index is 710. The van der Waals surface area contributed by atoms with Crippen molar-refractivity contribution in [2.45, 2.75) is 32.7 Å². The molecule has 3 rings (SSSR count). The van der Waals surface area contributed by atoms with Gasteiger partial charge in [-0.1, -0.05) is 38.1 Å². The second-order valence-corrected chi connectivity index (χ2v) is 7.96. The lowest BCUT2D eigenvalue weighted by molar-refractivity contribution is -0.124.